The van der Waals surface area contributed by atoms with Gasteiger partial charge in [0.05, 0.1) is 25.4 Å². The van der Waals surface area contributed by atoms with Crippen molar-refractivity contribution in [2.45, 2.75) is 40.2 Å². The van der Waals surface area contributed by atoms with E-state index in [1.165, 1.54) is 11.4 Å². The molecule has 0 saturated carbocycles. The predicted octanol–water partition coefficient (Wildman–Crippen LogP) is 3.65. The van der Waals surface area contributed by atoms with E-state index in [9.17, 15) is 4.57 Å². The Morgan fingerprint density at radius 3 is 2.43 bits per heavy atom. The Kier molecular flexibility index (Phi) is 8.25. The third-order valence-electron chi connectivity index (χ3n) is 2.71. The van der Waals surface area contributed by atoms with Crippen LogP contribution in [0, 0.1) is 5.92 Å². The van der Waals surface area contributed by atoms with Gasteiger partial charge in [-0.25, -0.2) is 4.57 Å². The molecule has 1 aliphatic heterocycles. The first-order chi connectivity index (χ1) is 9.70. The van der Waals surface area contributed by atoms with Gasteiger partial charge < -0.3 is 9.26 Å². The first-order valence-corrected chi connectivity index (χ1v) is 10.7. The SMILES string of the molecule is CC(C)COP(=O)(OC(C)(C)C)SCCN1CCOCC1. The van der Waals surface area contributed by atoms with Crippen LogP contribution in [0.25, 0.3) is 0 Å². The molecule has 5 nitrogen and oxygen atoms in total. The highest BCUT2D eigenvalue weighted by atomic mass is 32.7. The van der Waals surface area contributed by atoms with Gasteiger partial charge in [-0.05, 0) is 38.1 Å². The largest absolute Gasteiger partial charge is 0.389 e. The molecular weight excluding hydrogens is 309 g/mol. The van der Waals surface area contributed by atoms with Crippen LogP contribution in [0.5, 0.6) is 0 Å². The van der Waals surface area contributed by atoms with E-state index in [4.69, 9.17) is 13.8 Å². The Hall–Kier alpha value is 0.420. The number of ether oxygens (including phenoxy) is 1. The van der Waals surface area contributed by atoms with Crippen LogP contribution in [0.1, 0.15) is 34.6 Å². The van der Waals surface area contributed by atoms with Crippen LogP contribution in [0.4, 0.5) is 0 Å². The summed E-state index contributed by atoms with van der Waals surface area (Å²) in [5, 5.41) is 0. The van der Waals surface area contributed by atoms with Crippen molar-refractivity contribution in [3.8, 4) is 0 Å². The zero-order valence-corrected chi connectivity index (χ0v) is 15.7. The Balaban J connectivity index is 2.45. The van der Waals surface area contributed by atoms with Crippen molar-refractivity contribution in [2.24, 2.45) is 5.92 Å². The summed E-state index contributed by atoms with van der Waals surface area (Å²) in [5.41, 5.74) is -0.474. The van der Waals surface area contributed by atoms with Crippen LogP contribution in [-0.2, 0) is 18.3 Å². The topological polar surface area (TPSA) is 48.0 Å². The van der Waals surface area contributed by atoms with Gasteiger partial charge in [-0.2, -0.15) is 0 Å². The summed E-state index contributed by atoms with van der Waals surface area (Å²) in [5.74, 6) is 1.08. The van der Waals surface area contributed by atoms with Gasteiger partial charge in [-0.1, -0.05) is 13.8 Å². The molecule has 0 N–H and O–H groups in total. The number of rotatable bonds is 8. The average molecular weight is 339 g/mol. The molecule has 1 rings (SSSR count). The van der Waals surface area contributed by atoms with Gasteiger partial charge in [-0.15, -0.1) is 0 Å². The molecule has 0 aromatic carbocycles. The highest BCUT2D eigenvalue weighted by Gasteiger charge is 2.32. The van der Waals surface area contributed by atoms with E-state index < -0.39 is 12.4 Å². The fraction of sp³-hybridized carbons (Fsp3) is 1.00. The van der Waals surface area contributed by atoms with Crippen LogP contribution >= 0.6 is 18.2 Å². The second kappa shape index (κ2) is 8.90. The Morgan fingerprint density at radius 2 is 1.90 bits per heavy atom. The zero-order valence-electron chi connectivity index (χ0n) is 14.0. The summed E-state index contributed by atoms with van der Waals surface area (Å²) < 4.78 is 29.5. The average Bonchev–Trinajstić information content (AvgIpc) is 2.36. The van der Waals surface area contributed by atoms with E-state index in [-0.39, 0.29) is 0 Å². The van der Waals surface area contributed by atoms with E-state index in [0.717, 1.165) is 38.6 Å². The first-order valence-electron chi connectivity index (χ1n) is 7.60. The minimum Gasteiger partial charge on any atom is -0.379 e. The fourth-order valence-corrected chi connectivity index (χ4v) is 5.82. The van der Waals surface area contributed by atoms with Gasteiger partial charge in [0.1, 0.15) is 0 Å². The summed E-state index contributed by atoms with van der Waals surface area (Å²) in [4.78, 5) is 2.32. The molecule has 1 saturated heterocycles. The Bertz CT molecular complexity index is 340. The van der Waals surface area contributed by atoms with Crippen LogP contribution in [0.3, 0.4) is 0 Å². The quantitative estimate of drug-likeness (QED) is 0.629. The molecule has 1 aliphatic rings. The maximum atomic E-state index is 12.9. The van der Waals surface area contributed by atoms with Crippen LogP contribution in [0.15, 0.2) is 0 Å². The molecule has 0 aliphatic carbocycles. The zero-order chi connectivity index (χ0) is 15.9. The van der Waals surface area contributed by atoms with E-state index in [1.54, 1.807) is 0 Å². The van der Waals surface area contributed by atoms with Gasteiger partial charge in [0.25, 0.3) is 0 Å². The maximum absolute atomic E-state index is 12.9. The third-order valence-corrected chi connectivity index (χ3v) is 6.67. The lowest BCUT2D eigenvalue weighted by atomic mass is 10.2. The second-order valence-electron chi connectivity index (χ2n) is 6.63. The third kappa shape index (κ3) is 9.22. The van der Waals surface area contributed by atoms with Crippen LogP contribution < -0.4 is 0 Å². The molecule has 0 amide bonds. The van der Waals surface area contributed by atoms with Gasteiger partial charge in [0.15, 0.2) is 0 Å². The summed E-state index contributed by atoms with van der Waals surface area (Å²) >= 11 is 1.31. The summed E-state index contributed by atoms with van der Waals surface area (Å²) in [6.07, 6.45) is 0. The van der Waals surface area contributed by atoms with Gasteiger partial charge in [-0.3, -0.25) is 9.42 Å². The van der Waals surface area contributed by atoms with Crippen molar-refractivity contribution in [3.05, 3.63) is 0 Å². The lowest BCUT2D eigenvalue weighted by Crippen LogP contribution is -2.37. The van der Waals surface area contributed by atoms with Gasteiger partial charge in [0, 0.05) is 25.4 Å². The van der Waals surface area contributed by atoms with Crippen molar-refractivity contribution < 1.29 is 18.3 Å². The van der Waals surface area contributed by atoms with Crippen molar-refractivity contribution >= 4 is 18.2 Å². The molecule has 1 atom stereocenters. The van der Waals surface area contributed by atoms with E-state index in [2.05, 4.69) is 4.90 Å². The van der Waals surface area contributed by atoms with E-state index in [0.29, 0.717) is 12.5 Å². The second-order valence-corrected chi connectivity index (χ2v) is 10.7. The maximum Gasteiger partial charge on any atom is 0.389 e. The summed E-state index contributed by atoms with van der Waals surface area (Å²) in [6.45, 7) is 11.5. The van der Waals surface area contributed by atoms with Crippen molar-refractivity contribution in [2.75, 3.05) is 45.2 Å². The van der Waals surface area contributed by atoms with E-state index in [1.807, 2.05) is 34.6 Å². The van der Waals surface area contributed by atoms with E-state index >= 15 is 0 Å². The molecule has 0 aromatic heterocycles. The van der Waals surface area contributed by atoms with Crippen LogP contribution in [-0.4, -0.2) is 55.7 Å². The molecule has 1 fully saturated rings. The summed E-state index contributed by atoms with van der Waals surface area (Å²) in [7, 11) is 0. The van der Waals surface area contributed by atoms with Gasteiger partial charge >= 0.3 is 6.80 Å². The Morgan fingerprint density at radius 1 is 1.29 bits per heavy atom. The number of hydrogen-bond acceptors (Lipinski definition) is 6. The highest BCUT2D eigenvalue weighted by molar-refractivity contribution is 8.55. The fourth-order valence-electron chi connectivity index (χ4n) is 1.77. The standard InChI is InChI=1S/C14H30NO4PS/c1-13(2)12-18-20(16,19-14(3,4)5)21-11-8-15-6-9-17-10-7-15/h13H,6-12H2,1-5H3. The molecule has 7 heteroatoms. The normalized spacial score (nSPS) is 20.7. The van der Waals surface area contributed by atoms with Crippen molar-refractivity contribution in [3.63, 3.8) is 0 Å². The minimum absolute atomic E-state index is 0.335. The van der Waals surface area contributed by atoms with Gasteiger partial charge in [0.2, 0.25) is 0 Å². The summed E-state index contributed by atoms with van der Waals surface area (Å²) in [6, 6.07) is 0. The molecule has 1 unspecified atom stereocenters. The lowest BCUT2D eigenvalue weighted by molar-refractivity contribution is 0.0410. The number of nitrogens with zero attached hydrogens (tertiary/aromatic N) is 1. The lowest BCUT2D eigenvalue weighted by Gasteiger charge is -2.29. The molecule has 0 radical (unpaired) electrons. The first kappa shape index (κ1) is 19.5. The molecule has 0 spiro atoms. The molecular formula is C14H30NO4PS. The molecule has 1 heterocycles. The van der Waals surface area contributed by atoms with Crippen LogP contribution in [0.2, 0.25) is 0 Å². The van der Waals surface area contributed by atoms with Crippen molar-refractivity contribution in [1.29, 1.82) is 0 Å². The van der Waals surface area contributed by atoms with Crippen molar-refractivity contribution in [1.82, 2.24) is 4.90 Å². The minimum atomic E-state index is -3.10. The predicted molar refractivity (Wildman–Crippen MR) is 89.0 cm³/mol. The number of hydrogen-bond donors (Lipinski definition) is 0. The smallest absolute Gasteiger partial charge is 0.379 e. The molecule has 126 valence electrons. The number of morpholine rings is 1. The molecule has 0 aromatic rings. The Labute approximate surface area is 133 Å². The monoisotopic (exact) mass is 339 g/mol. The molecule has 21 heavy (non-hydrogen) atoms. The molecule has 0 bridgehead atoms. The highest BCUT2D eigenvalue weighted by Crippen LogP contribution is 2.62.